The summed E-state index contributed by atoms with van der Waals surface area (Å²) >= 11 is 0. The molecule has 0 saturated carbocycles. The Kier molecular flexibility index (Phi) is 6.98. The summed E-state index contributed by atoms with van der Waals surface area (Å²) in [5.74, 6) is 1.02. The number of nitrogens with zero attached hydrogens (tertiary/aromatic N) is 3. The van der Waals surface area contributed by atoms with Crippen molar-refractivity contribution in [1.82, 2.24) is 20.4 Å². The third-order valence-electron chi connectivity index (χ3n) is 6.47. The number of halogens is 1. The van der Waals surface area contributed by atoms with Gasteiger partial charge < -0.3 is 14.6 Å². The highest BCUT2D eigenvalue weighted by molar-refractivity contribution is 5.86. The number of rotatable bonds is 8. The molecule has 0 radical (unpaired) electrons. The van der Waals surface area contributed by atoms with E-state index in [2.05, 4.69) is 27.6 Å². The van der Waals surface area contributed by atoms with Gasteiger partial charge in [-0.25, -0.2) is 9.18 Å². The van der Waals surface area contributed by atoms with Crippen molar-refractivity contribution in [3.8, 4) is 17.1 Å². The summed E-state index contributed by atoms with van der Waals surface area (Å²) in [7, 11) is 1.60. The molecule has 7 nitrogen and oxygen atoms in total. The van der Waals surface area contributed by atoms with Gasteiger partial charge in [0.1, 0.15) is 11.6 Å². The normalized spacial score (nSPS) is 15.6. The van der Waals surface area contributed by atoms with E-state index < -0.39 is 6.04 Å². The fourth-order valence-corrected chi connectivity index (χ4v) is 4.53. The van der Waals surface area contributed by atoms with Gasteiger partial charge in [0, 0.05) is 17.8 Å². The van der Waals surface area contributed by atoms with Crippen LogP contribution in [0.1, 0.15) is 36.4 Å². The minimum atomic E-state index is -0.572. The third kappa shape index (κ3) is 5.23. The molecule has 1 unspecified atom stereocenters. The SMILES string of the molecule is COc1cccc(-c2noc(C3=C(C)N(CCCc4ccccc4)C(=O)NC3c3ccc(F)cc3)n2)c1. The van der Waals surface area contributed by atoms with Crippen molar-refractivity contribution in [2.75, 3.05) is 13.7 Å². The first-order valence-electron chi connectivity index (χ1n) is 12.1. The number of nitrogens with one attached hydrogen (secondary N) is 1. The fraction of sp³-hybridized carbons (Fsp3) is 0.207. The maximum Gasteiger partial charge on any atom is 0.322 e. The molecule has 2 amide bonds. The predicted molar refractivity (Wildman–Crippen MR) is 138 cm³/mol. The highest BCUT2D eigenvalue weighted by Gasteiger charge is 2.35. The van der Waals surface area contributed by atoms with Crippen LogP contribution in [0.4, 0.5) is 9.18 Å². The minimum absolute atomic E-state index is 0.226. The number of carbonyl (C=O) groups excluding carboxylic acids is 1. The molecular weight excluding hydrogens is 471 g/mol. The summed E-state index contributed by atoms with van der Waals surface area (Å²) in [5, 5.41) is 7.25. The van der Waals surface area contributed by atoms with E-state index in [4.69, 9.17) is 9.26 Å². The zero-order valence-electron chi connectivity index (χ0n) is 20.6. The van der Waals surface area contributed by atoms with Gasteiger partial charge in [-0.1, -0.05) is 59.8 Å². The standard InChI is InChI=1S/C29H27FN4O3/c1-19-25(28-32-27(33-37-28)22-11-6-12-24(18-22)36-2)26(21-13-15-23(30)16-14-21)31-29(35)34(19)17-7-10-20-8-4-3-5-9-20/h3-6,8-9,11-16,18,26H,7,10,17H2,1-2H3,(H,31,35). The molecule has 1 aliphatic heterocycles. The molecule has 0 saturated heterocycles. The Bertz CT molecular complexity index is 1420. The number of hydrogen-bond acceptors (Lipinski definition) is 5. The third-order valence-corrected chi connectivity index (χ3v) is 6.47. The van der Waals surface area contributed by atoms with Crippen LogP contribution in [0.3, 0.4) is 0 Å². The van der Waals surface area contributed by atoms with Gasteiger partial charge in [0.2, 0.25) is 5.82 Å². The summed E-state index contributed by atoms with van der Waals surface area (Å²) in [6.07, 6.45) is 1.62. The number of benzene rings is 3. The van der Waals surface area contributed by atoms with E-state index >= 15 is 0 Å². The Hall–Kier alpha value is -4.46. The molecular formula is C29H27FN4O3. The fourth-order valence-electron chi connectivity index (χ4n) is 4.53. The predicted octanol–water partition coefficient (Wildman–Crippen LogP) is 6.01. The lowest BCUT2D eigenvalue weighted by atomic mass is 9.94. The van der Waals surface area contributed by atoms with Crippen LogP contribution in [0.2, 0.25) is 0 Å². The first-order chi connectivity index (χ1) is 18.0. The molecule has 1 aromatic heterocycles. The van der Waals surface area contributed by atoms with Crippen molar-refractivity contribution < 1.29 is 18.4 Å². The highest BCUT2D eigenvalue weighted by Crippen LogP contribution is 2.37. The van der Waals surface area contributed by atoms with Crippen molar-refractivity contribution in [1.29, 1.82) is 0 Å². The van der Waals surface area contributed by atoms with Crippen molar-refractivity contribution >= 4 is 11.6 Å². The molecule has 2 heterocycles. The smallest absolute Gasteiger partial charge is 0.322 e. The largest absolute Gasteiger partial charge is 0.497 e. The van der Waals surface area contributed by atoms with Crippen molar-refractivity contribution in [2.45, 2.75) is 25.8 Å². The van der Waals surface area contributed by atoms with Crippen LogP contribution in [0.25, 0.3) is 17.0 Å². The monoisotopic (exact) mass is 498 g/mol. The molecule has 8 heteroatoms. The van der Waals surface area contributed by atoms with Crippen molar-refractivity contribution in [3.05, 3.63) is 107 Å². The minimum Gasteiger partial charge on any atom is -0.497 e. The molecule has 37 heavy (non-hydrogen) atoms. The Morgan fingerprint density at radius 2 is 1.84 bits per heavy atom. The van der Waals surface area contributed by atoms with E-state index in [1.54, 1.807) is 24.1 Å². The molecule has 1 N–H and O–H groups in total. The maximum atomic E-state index is 13.7. The van der Waals surface area contributed by atoms with Gasteiger partial charge in [0.15, 0.2) is 0 Å². The lowest BCUT2D eigenvalue weighted by Gasteiger charge is -2.35. The lowest BCUT2D eigenvalue weighted by Crippen LogP contribution is -2.46. The van der Waals surface area contributed by atoms with E-state index in [0.717, 1.165) is 18.4 Å². The van der Waals surface area contributed by atoms with E-state index in [1.807, 2.05) is 49.4 Å². The zero-order chi connectivity index (χ0) is 25.8. The lowest BCUT2D eigenvalue weighted by molar-refractivity contribution is 0.204. The average Bonchev–Trinajstić information content (AvgIpc) is 3.41. The van der Waals surface area contributed by atoms with Crippen LogP contribution in [-0.2, 0) is 6.42 Å². The van der Waals surface area contributed by atoms with Gasteiger partial charge in [-0.3, -0.25) is 4.90 Å². The molecule has 5 rings (SSSR count). The van der Waals surface area contributed by atoms with Gasteiger partial charge in [-0.15, -0.1) is 0 Å². The average molecular weight is 499 g/mol. The molecule has 3 aromatic carbocycles. The number of allylic oxidation sites excluding steroid dienone is 1. The molecule has 0 aliphatic carbocycles. The number of carbonyl (C=O) groups is 1. The highest BCUT2D eigenvalue weighted by atomic mass is 19.1. The Morgan fingerprint density at radius 1 is 1.05 bits per heavy atom. The summed E-state index contributed by atoms with van der Waals surface area (Å²) in [5.41, 5.74) is 4.06. The van der Waals surface area contributed by atoms with Gasteiger partial charge >= 0.3 is 6.03 Å². The van der Waals surface area contributed by atoms with E-state index in [1.165, 1.54) is 17.7 Å². The van der Waals surface area contributed by atoms with Gasteiger partial charge in [-0.2, -0.15) is 4.98 Å². The van der Waals surface area contributed by atoms with Crippen molar-refractivity contribution in [3.63, 3.8) is 0 Å². The number of ether oxygens (including phenoxy) is 1. The van der Waals surface area contributed by atoms with Gasteiger partial charge in [0.05, 0.1) is 18.7 Å². The second-order valence-electron chi connectivity index (χ2n) is 8.83. The second-order valence-corrected chi connectivity index (χ2v) is 8.83. The first-order valence-corrected chi connectivity index (χ1v) is 12.1. The first kappa shape index (κ1) is 24.2. The van der Waals surface area contributed by atoms with E-state index in [0.29, 0.717) is 35.0 Å². The number of amides is 2. The van der Waals surface area contributed by atoms with Crippen LogP contribution in [-0.4, -0.2) is 34.7 Å². The number of methoxy groups -OCH3 is 1. The number of hydrogen-bond donors (Lipinski definition) is 1. The summed E-state index contributed by atoms with van der Waals surface area (Å²) in [4.78, 5) is 19.6. The molecule has 0 spiro atoms. The number of aromatic nitrogens is 2. The summed E-state index contributed by atoms with van der Waals surface area (Å²) in [6, 6.07) is 22.8. The van der Waals surface area contributed by atoms with Crippen LogP contribution in [0, 0.1) is 5.82 Å². The molecule has 1 atom stereocenters. The Morgan fingerprint density at radius 3 is 2.59 bits per heavy atom. The van der Waals surface area contributed by atoms with Crippen LogP contribution < -0.4 is 10.1 Å². The number of aryl methyl sites for hydroxylation is 1. The van der Waals surface area contributed by atoms with Crippen LogP contribution >= 0.6 is 0 Å². The van der Waals surface area contributed by atoms with Crippen molar-refractivity contribution in [2.24, 2.45) is 0 Å². The van der Waals surface area contributed by atoms with Crippen LogP contribution in [0.15, 0.2) is 89.1 Å². The quantitative estimate of drug-likeness (QED) is 0.322. The van der Waals surface area contributed by atoms with Gasteiger partial charge in [0.25, 0.3) is 5.89 Å². The summed E-state index contributed by atoms with van der Waals surface area (Å²) in [6.45, 7) is 2.39. The van der Waals surface area contributed by atoms with Crippen LogP contribution in [0.5, 0.6) is 5.75 Å². The van der Waals surface area contributed by atoms with E-state index in [-0.39, 0.29) is 17.7 Å². The van der Waals surface area contributed by atoms with E-state index in [9.17, 15) is 9.18 Å². The Balaban J connectivity index is 1.49. The van der Waals surface area contributed by atoms with Gasteiger partial charge in [-0.05, 0) is 55.2 Å². The zero-order valence-corrected chi connectivity index (χ0v) is 20.6. The second kappa shape index (κ2) is 10.7. The molecule has 0 bridgehead atoms. The molecule has 4 aromatic rings. The molecule has 188 valence electrons. The topological polar surface area (TPSA) is 80.5 Å². The molecule has 0 fully saturated rings. The number of urea groups is 1. The molecule has 1 aliphatic rings. The maximum absolute atomic E-state index is 13.7. The Labute approximate surface area is 214 Å². The summed E-state index contributed by atoms with van der Waals surface area (Å²) < 4.78 is 24.7.